The standard InChI is InChI=1S/C9H13NO/c1-3-8(9-7-11-9)5-4-6-10-2/h3-6,9H,7H2,1-2H3/b5-4-,8-3-,10-6-. The van der Waals surface area contributed by atoms with Gasteiger partial charge in [0.15, 0.2) is 0 Å². The number of epoxide rings is 1. The van der Waals surface area contributed by atoms with Crippen molar-refractivity contribution in [2.45, 2.75) is 13.0 Å². The van der Waals surface area contributed by atoms with Crippen LogP contribution in [-0.2, 0) is 4.74 Å². The van der Waals surface area contributed by atoms with Gasteiger partial charge in [0.2, 0.25) is 0 Å². The molecule has 2 heteroatoms. The molecule has 1 aliphatic heterocycles. The van der Waals surface area contributed by atoms with Gasteiger partial charge in [0, 0.05) is 13.3 Å². The first-order valence-corrected chi connectivity index (χ1v) is 3.75. The highest BCUT2D eigenvalue weighted by Gasteiger charge is 2.24. The van der Waals surface area contributed by atoms with E-state index in [0.717, 1.165) is 6.61 Å². The summed E-state index contributed by atoms with van der Waals surface area (Å²) in [6.45, 7) is 2.89. The van der Waals surface area contributed by atoms with Gasteiger partial charge in [-0.05, 0) is 18.6 Å². The van der Waals surface area contributed by atoms with Gasteiger partial charge in [-0.15, -0.1) is 0 Å². The number of nitrogens with zero attached hydrogens (tertiary/aromatic N) is 1. The molecule has 1 saturated heterocycles. The maximum Gasteiger partial charge on any atom is 0.106 e. The first kappa shape index (κ1) is 8.21. The molecule has 0 aromatic heterocycles. The van der Waals surface area contributed by atoms with Gasteiger partial charge in [-0.25, -0.2) is 0 Å². The molecule has 0 bridgehead atoms. The lowest BCUT2D eigenvalue weighted by Crippen LogP contribution is -1.87. The largest absolute Gasteiger partial charge is 0.368 e. The van der Waals surface area contributed by atoms with Gasteiger partial charge in [-0.1, -0.05) is 12.2 Å². The predicted octanol–water partition coefficient (Wildman–Crippen LogP) is 1.59. The van der Waals surface area contributed by atoms with Crippen molar-refractivity contribution in [3.8, 4) is 0 Å². The molecule has 0 aromatic rings. The minimum absolute atomic E-state index is 0.349. The summed E-state index contributed by atoms with van der Waals surface area (Å²) in [5, 5.41) is 0. The Kier molecular flexibility index (Phi) is 3.05. The third-order valence-corrected chi connectivity index (χ3v) is 1.56. The third-order valence-electron chi connectivity index (χ3n) is 1.56. The van der Waals surface area contributed by atoms with Crippen LogP contribution in [0.25, 0.3) is 0 Å². The summed E-state index contributed by atoms with van der Waals surface area (Å²) >= 11 is 0. The third kappa shape index (κ3) is 2.68. The Labute approximate surface area is 67.3 Å². The van der Waals surface area contributed by atoms with Crippen LogP contribution >= 0.6 is 0 Å². The van der Waals surface area contributed by atoms with Crippen LogP contribution < -0.4 is 0 Å². The Bertz CT molecular complexity index is 200. The van der Waals surface area contributed by atoms with E-state index >= 15 is 0 Å². The molecule has 0 aliphatic carbocycles. The van der Waals surface area contributed by atoms with Gasteiger partial charge in [-0.3, -0.25) is 4.99 Å². The average Bonchev–Trinajstić information content (AvgIpc) is 2.81. The van der Waals surface area contributed by atoms with E-state index in [2.05, 4.69) is 11.1 Å². The van der Waals surface area contributed by atoms with Crippen LogP contribution in [0, 0.1) is 0 Å². The molecule has 0 radical (unpaired) electrons. The average molecular weight is 151 g/mol. The van der Waals surface area contributed by atoms with Gasteiger partial charge in [0.05, 0.1) is 6.61 Å². The summed E-state index contributed by atoms with van der Waals surface area (Å²) in [5.41, 5.74) is 1.24. The number of ether oxygens (including phenoxy) is 1. The van der Waals surface area contributed by atoms with Crippen molar-refractivity contribution in [3.05, 3.63) is 23.8 Å². The molecular formula is C9H13NO. The van der Waals surface area contributed by atoms with Crippen LogP contribution in [-0.4, -0.2) is 26.0 Å². The molecule has 0 saturated carbocycles. The Morgan fingerprint density at radius 3 is 2.82 bits per heavy atom. The zero-order valence-electron chi connectivity index (χ0n) is 6.95. The molecule has 0 amide bonds. The molecule has 1 fully saturated rings. The second-order valence-corrected chi connectivity index (χ2v) is 2.38. The second kappa shape index (κ2) is 4.09. The van der Waals surface area contributed by atoms with Crippen molar-refractivity contribution in [1.82, 2.24) is 0 Å². The molecule has 1 unspecified atom stereocenters. The van der Waals surface area contributed by atoms with E-state index in [4.69, 9.17) is 4.74 Å². The van der Waals surface area contributed by atoms with E-state index < -0.39 is 0 Å². The molecule has 11 heavy (non-hydrogen) atoms. The number of allylic oxidation sites excluding steroid dienone is 2. The lowest BCUT2D eigenvalue weighted by molar-refractivity contribution is 0.434. The SMILES string of the molecule is C/C=C(/C=C\C=N/C)C1CO1. The Morgan fingerprint density at radius 2 is 2.36 bits per heavy atom. The van der Waals surface area contributed by atoms with Crippen LogP contribution in [0.15, 0.2) is 28.8 Å². The van der Waals surface area contributed by atoms with Gasteiger partial charge < -0.3 is 4.74 Å². The molecular weight excluding hydrogens is 138 g/mol. The maximum absolute atomic E-state index is 5.13. The topological polar surface area (TPSA) is 24.9 Å². The summed E-state index contributed by atoms with van der Waals surface area (Å²) in [5.74, 6) is 0. The van der Waals surface area contributed by atoms with E-state index in [0.29, 0.717) is 6.10 Å². The van der Waals surface area contributed by atoms with Crippen LogP contribution in [0.4, 0.5) is 0 Å². The molecule has 1 aliphatic rings. The highest BCUT2D eigenvalue weighted by Crippen LogP contribution is 2.19. The maximum atomic E-state index is 5.13. The number of rotatable bonds is 3. The van der Waals surface area contributed by atoms with Crippen molar-refractivity contribution < 1.29 is 4.74 Å². The zero-order valence-corrected chi connectivity index (χ0v) is 6.95. The molecule has 1 atom stereocenters. The first-order valence-electron chi connectivity index (χ1n) is 3.75. The Balaban J connectivity index is 2.43. The van der Waals surface area contributed by atoms with Crippen LogP contribution in [0.5, 0.6) is 0 Å². The van der Waals surface area contributed by atoms with Crippen molar-refractivity contribution in [2.75, 3.05) is 13.7 Å². The van der Waals surface area contributed by atoms with Crippen LogP contribution in [0.1, 0.15) is 6.92 Å². The quantitative estimate of drug-likeness (QED) is 0.341. The van der Waals surface area contributed by atoms with Crippen LogP contribution in [0.3, 0.4) is 0 Å². The first-order chi connectivity index (χ1) is 5.38. The minimum atomic E-state index is 0.349. The van der Waals surface area contributed by atoms with Crippen molar-refractivity contribution in [2.24, 2.45) is 4.99 Å². The van der Waals surface area contributed by atoms with Gasteiger partial charge in [0.25, 0.3) is 0 Å². The zero-order chi connectivity index (χ0) is 8.10. The summed E-state index contributed by atoms with van der Waals surface area (Å²) in [6, 6.07) is 0. The van der Waals surface area contributed by atoms with E-state index in [1.165, 1.54) is 5.57 Å². The fourth-order valence-corrected chi connectivity index (χ4v) is 0.870. The summed E-state index contributed by atoms with van der Waals surface area (Å²) in [6.07, 6.45) is 8.15. The minimum Gasteiger partial charge on any atom is -0.368 e. The van der Waals surface area contributed by atoms with Crippen molar-refractivity contribution >= 4 is 6.21 Å². The predicted molar refractivity (Wildman–Crippen MR) is 47.1 cm³/mol. The molecule has 0 N–H and O–H groups in total. The summed E-state index contributed by atoms with van der Waals surface area (Å²) in [7, 11) is 1.76. The van der Waals surface area contributed by atoms with Crippen LogP contribution in [0.2, 0.25) is 0 Å². The molecule has 1 rings (SSSR count). The molecule has 2 nitrogen and oxygen atoms in total. The highest BCUT2D eigenvalue weighted by atomic mass is 16.6. The lowest BCUT2D eigenvalue weighted by Gasteiger charge is -1.90. The number of aliphatic imine (C=N–C) groups is 1. The van der Waals surface area contributed by atoms with Crippen molar-refractivity contribution in [1.29, 1.82) is 0 Å². The van der Waals surface area contributed by atoms with Gasteiger partial charge in [0.1, 0.15) is 6.10 Å². The van der Waals surface area contributed by atoms with E-state index in [-0.39, 0.29) is 0 Å². The van der Waals surface area contributed by atoms with E-state index in [9.17, 15) is 0 Å². The second-order valence-electron chi connectivity index (χ2n) is 2.38. The van der Waals surface area contributed by atoms with Crippen molar-refractivity contribution in [3.63, 3.8) is 0 Å². The number of hydrogen-bond acceptors (Lipinski definition) is 2. The summed E-state index contributed by atoms with van der Waals surface area (Å²) < 4.78 is 5.13. The summed E-state index contributed by atoms with van der Waals surface area (Å²) in [4.78, 5) is 3.84. The fraction of sp³-hybridized carbons (Fsp3) is 0.444. The monoisotopic (exact) mass is 151 g/mol. The fourth-order valence-electron chi connectivity index (χ4n) is 0.870. The van der Waals surface area contributed by atoms with Gasteiger partial charge in [-0.2, -0.15) is 0 Å². The Morgan fingerprint density at radius 1 is 1.64 bits per heavy atom. The highest BCUT2D eigenvalue weighted by molar-refractivity contribution is 5.71. The Hall–Kier alpha value is -0.890. The normalized spacial score (nSPS) is 25.3. The van der Waals surface area contributed by atoms with E-state index in [1.54, 1.807) is 13.3 Å². The smallest absolute Gasteiger partial charge is 0.106 e. The van der Waals surface area contributed by atoms with Gasteiger partial charge >= 0.3 is 0 Å². The molecule has 60 valence electrons. The number of hydrogen-bond donors (Lipinski definition) is 0. The molecule has 1 heterocycles. The molecule has 0 spiro atoms. The van der Waals surface area contributed by atoms with E-state index in [1.807, 2.05) is 19.1 Å². The molecule has 0 aromatic carbocycles. The lowest BCUT2D eigenvalue weighted by atomic mass is 10.2.